The number of nitrogens with one attached hydrogen (secondary N) is 1. The van der Waals surface area contributed by atoms with Crippen LogP contribution < -0.4 is 5.32 Å². The summed E-state index contributed by atoms with van der Waals surface area (Å²) in [7, 11) is 0. The van der Waals surface area contributed by atoms with Crippen molar-refractivity contribution >= 4 is 23.2 Å². The van der Waals surface area contributed by atoms with E-state index in [0.717, 1.165) is 11.4 Å². The van der Waals surface area contributed by atoms with E-state index in [1.165, 1.54) is 5.56 Å². The molecule has 0 aliphatic carbocycles. The Morgan fingerprint density at radius 2 is 1.85 bits per heavy atom. The number of pyridine rings is 1. The smallest absolute Gasteiger partial charge is 0.255 e. The minimum atomic E-state index is -0.185. The van der Waals surface area contributed by atoms with Crippen molar-refractivity contribution in [1.29, 1.82) is 0 Å². The fourth-order valence-electron chi connectivity index (χ4n) is 1.91. The Morgan fingerprint density at radius 3 is 2.40 bits per heavy atom. The highest BCUT2D eigenvalue weighted by atomic mass is 35.5. The zero-order valence-corrected chi connectivity index (χ0v) is 12.5. The van der Waals surface area contributed by atoms with Crippen LogP contribution in [0.2, 0.25) is 5.15 Å². The molecule has 1 aromatic heterocycles. The molecule has 104 valence electrons. The van der Waals surface area contributed by atoms with Gasteiger partial charge in [0.05, 0.1) is 0 Å². The average Bonchev–Trinajstić information content (AvgIpc) is 2.38. The van der Waals surface area contributed by atoms with Gasteiger partial charge in [0.2, 0.25) is 0 Å². The lowest BCUT2D eigenvalue weighted by molar-refractivity contribution is 0.102. The van der Waals surface area contributed by atoms with E-state index in [9.17, 15) is 4.79 Å². The first-order valence-corrected chi connectivity index (χ1v) is 6.89. The zero-order chi connectivity index (χ0) is 14.7. The Hall–Kier alpha value is -1.87. The van der Waals surface area contributed by atoms with Gasteiger partial charge in [-0.05, 0) is 42.7 Å². The van der Waals surface area contributed by atoms with Crippen molar-refractivity contribution in [2.75, 3.05) is 5.32 Å². The molecule has 3 nitrogen and oxygen atoms in total. The number of rotatable bonds is 3. The van der Waals surface area contributed by atoms with Crippen molar-refractivity contribution in [1.82, 2.24) is 4.98 Å². The molecule has 4 heteroatoms. The van der Waals surface area contributed by atoms with E-state index in [0.29, 0.717) is 16.6 Å². The Bertz CT molecular complexity index is 601. The van der Waals surface area contributed by atoms with E-state index >= 15 is 0 Å². The molecular weight excluding hydrogens is 272 g/mol. The van der Waals surface area contributed by atoms with Crippen LogP contribution in [0.1, 0.15) is 41.4 Å². The lowest BCUT2D eigenvalue weighted by atomic mass is 10.0. The molecule has 1 N–H and O–H groups in total. The maximum absolute atomic E-state index is 12.1. The zero-order valence-electron chi connectivity index (χ0n) is 11.8. The summed E-state index contributed by atoms with van der Waals surface area (Å²) in [5.74, 6) is 0.288. The number of aromatic nitrogens is 1. The highest BCUT2D eigenvalue weighted by molar-refractivity contribution is 6.29. The number of hydrogen-bond acceptors (Lipinski definition) is 2. The van der Waals surface area contributed by atoms with Crippen LogP contribution in [0.3, 0.4) is 0 Å². The molecule has 2 aromatic rings. The minimum Gasteiger partial charge on any atom is -0.322 e. The predicted molar refractivity (Wildman–Crippen MR) is 82.5 cm³/mol. The summed E-state index contributed by atoms with van der Waals surface area (Å²) < 4.78 is 0. The standard InChI is InChI=1S/C16H17ClN2O/c1-10(2)12-4-6-14(7-5-12)19-16(20)13-8-11(3)18-15(17)9-13/h4-10H,1-3H3,(H,19,20). The van der Waals surface area contributed by atoms with Crippen molar-refractivity contribution in [3.8, 4) is 0 Å². The first-order chi connectivity index (χ1) is 9.45. The van der Waals surface area contributed by atoms with Crippen molar-refractivity contribution in [3.63, 3.8) is 0 Å². The molecule has 0 unspecified atom stereocenters. The number of anilines is 1. The minimum absolute atomic E-state index is 0.185. The molecule has 0 atom stereocenters. The van der Waals surface area contributed by atoms with Gasteiger partial charge in [-0.2, -0.15) is 0 Å². The molecular formula is C16H17ClN2O. The largest absolute Gasteiger partial charge is 0.322 e. The molecule has 0 bridgehead atoms. The van der Waals surface area contributed by atoms with E-state index in [2.05, 4.69) is 24.1 Å². The Labute approximate surface area is 124 Å². The molecule has 0 saturated carbocycles. The third-order valence-electron chi connectivity index (χ3n) is 3.02. The van der Waals surface area contributed by atoms with Crippen molar-refractivity contribution < 1.29 is 4.79 Å². The van der Waals surface area contributed by atoms with Crippen molar-refractivity contribution in [2.24, 2.45) is 0 Å². The second kappa shape index (κ2) is 6.06. The van der Waals surface area contributed by atoms with E-state index < -0.39 is 0 Å². The predicted octanol–water partition coefficient (Wildman–Crippen LogP) is 4.42. The third-order valence-corrected chi connectivity index (χ3v) is 3.21. The summed E-state index contributed by atoms with van der Waals surface area (Å²) >= 11 is 5.86. The van der Waals surface area contributed by atoms with E-state index in [1.807, 2.05) is 24.3 Å². The van der Waals surface area contributed by atoms with E-state index in [1.54, 1.807) is 19.1 Å². The molecule has 20 heavy (non-hydrogen) atoms. The summed E-state index contributed by atoms with van der Waals surface area (Å²) in [5.41, 5.74) is 3.24. The van der Waals surface area contributed by atoms with Crippen LogP contribution in [0.25, 0.3) is 0 Å². The molecule has 2 rings (SSSR count). The quantitative estimate of drug-likeness (QED) is 0.850. The summed E-state index contributed by atoms with van der Waals surface area (Å²) in [6, 6.07) is 11.1. The van der Waals surface area contributed by atoms with Crippen LogP contribution in [0.5, 0.6) is 0 Å². The third kappa shape index (κ3) is 3.58. The first-order valence-electron chi connectivity index (χ1n) is 6.51. The molecule has 1 amide bonds. The first kappa shape index (κ1) is 14.5. The van der Waals surface area contributed by atoms with Gasteiger partial charge in [-0.25, -0.2) is 4.98 Å². The topological polar surface area (TPSA) is 42.0 Å². The average molecular weight is 289 g/mol. The fourth-order valence-corrected chi connectivity index (χ4v) is 2.16. The Balaban J connectivity index is 2.14. The van der Waals surface area contributed by atoms with Crippen LogP contribution in [0.15, 0.2) is 36.4 Å². The molecule has 0 saturated heterocycles. The summed E-state index contributed by atoms with van der Waals surface area (Å²) in [4.78, 5) is 16.2. The molecule has 0 fully saturated rings. The highest BCUT2D eigenvalue weighted by Crippen LogP contribution is 2.18. The second-order valence-corrected chi connectivity index (χ2v) is 5.44. The number of carbonyl (C=O) groups is 1. The van der Waals surface area contributed by atoms with Gasteiger partial charge in [0, 0.05) is 16.9 Å². The van der Waals surface area contributed by atoms with Gasteiger partial charge in [-0.3, -0.25) is 4.79 Å². The van der Waals surface area contributed by atoms with Crippen LogP contribution in [-0.4, -0.2) is 10.9 Å². The van der Waals surface area contributed by atoms with Crippen LogP contribution in [0.4, 0.5) is 5.69 Å². The fraction of sp³-hybridized carbons (Fsp3) is 0.250. The summed E-state index contributed by atoms with van der Waals surface area (Å²) in [6.45, 7) is 6.07. The van der Waals surface area contributed by atoms with Gasteiger partial charge in [0.15, 0.2) is 0 Å². The van der Waals surface area contributed by atoms with Crippen molar-refractivity contribution in [3.05, 3.63) is 58.4 Å². The number of carbonyl (C=O) groups excluding carboxylic acids is 1. The molecule has 1 aromatic carbocycles. The van der Waals surface area contributed by atoms with Gasteiger partial charge in [0.1, 0.15) is 5.15 Å². The lowest BCUT2D eigenvalue weighted by Crippen LogP contribution is -2.12. The maximum Gasteiger partial charge on any atom is 0.255 e. The molecule has 1 heterocycles. The van der Waals surface area contributed by atoms with Gasteiger partial charge in [-0.1, -0.05) is 37.6 Å². The number of hydrogen-bond donors (Lipinski definition) is 1. The van der Waals surface area contributed by atoms with Gasteiger partial charge in [-0.15, -0.1) is 0 Å². The summed E-state index contributed by atoms with van der Waals surface area (Å²) in [6.07, 6.45) is 0. The molecule has 0 spiro atoms. The number of amides is 1. The van der Waals surface area contributed by atoms with Gasteiger partial charge < -0.3 is 5.32 Å². The number of aryl methyl sites for hydroxylation is 1. The number of nitrogens with zero attached hydrogens (tertiary/aromatic N) is 1. The molecule has 0 aliphatic rings. The summed E-state index contributed by atoms with van der Waals surface area (Å²) in [5, 5.41) is 3.18. The number of benzene rings is 1. The normalized spacial score (nSPS) is 10.7. The SMILES string of the molecule is Cc1cc(C(=O)Nc2ccc(C(C)C)cc2)cc(Cl)n1. The highest BCUT2D eigenvalue weighted by Gasteiger charge is 2.08. The Kier molecular flexibility index (Phi) is 4.40. The monoisotopic (exact) mass is 288 g/mol. The molecule has 0 aliphatic heterocycles. The van der Waals surface area contributed by atoms with Crippen LogP contribution in [-0.2, 0) is 0 Å². The molecule has 0 radical (unpaired) electrons. The van der Waals surface area contributed by atoms with Crippen molar-refractivity contribution in [2.45, 2.75) is 26.7 Å². The van der Waals surface area contributed by atoms with Gasteiger partial charge >= 0.3 is 0 Å². The van der Waals surface area contributed by atoms with Crippen LogP contribution >= 0.6 is 11.6 Å². The van der Waals surface area contributed by atoms with E-state index in [4.69, 9.17) is 11.6 Å². The second-order valence-electron chi connectivity index (χ2n) is 5.05. The van der Waals surface area contributed by atoms with Gasteiger partial charge in [0.25, 0.3) is 5.91 Å². The maximum atomic E-state index is 12.1. The Morgan fingerprint density at radius 1 is 1.20 bits per heavy atom. The van der Waals surface area contributed by atoms with Crippen LogP contribution in [0, 0.1) is 6.92 Å². The van der Waals surface area contributed by atoms with E-state index in [-0.39, 0.29) is 5.91 Å². The number of halogens is 1. The lowest BCUT2D eigenvalue weighted by Gasteiger charge is -2.09.